The number of hydrogen-bond acceptors (Lipinski definition) is 6. The Hall–Kier alpha value is -4.34. The van der Waals surface area contributed by atoms with Crippen molar-refractivity contribution in [1.29, 1.82) is 0 Å². The highest BCUT2D eigenvalue weighted by Gasteiger charge is 2.26. The number of benzene rings is 1. The minimum atomic E-state index is -0.235. The van der Waals surface area contributed by atoms with Crippen LogP contribution in [0.3, 0.4) is 0 Å². The molecular weight excluding hydrogens is 418 g/mol. The van der Waals surface area contributed by atoms with Gasteiger partial charge in [-0.3, -0.25) is 9.89 Å². The first kappa shape index (κ1) is 19.4. The lowest BCUT2D eigenvalue weighted by Gasteiger charge is -2.09. The van der Waals surface area contributed by atoms with Gasteiger partial charge in [0.05, 0.1) is 29.5 Å². The Kier molecular flexibility index (Phi) is 4.32. The molecular formula is C23H21N9O. The number of aromatic amines is 1. The zero-order valence-corrected chi connectivity index (χ0v) is 18.1. The van der Waals surface area contributed by atoms with Gasteiger partial charge in [-0.25, -0.2) is 4.52 Å². The Morgan fingerprint density at radius 1 is 1.12 bits per heavy atom. The number of nitrogens with zero attached hydrogens (tertiary/aromatic N) is 7. The van der Waals surface area contributed by atoms with Crippen molar-refractivity contribution in [3.63, 3.8) is 0 Å². The van der Waals surface area contributed by atoms with Crippen molar-refractivity contribution in [1.82, 2.24) is 40.0 Å². The van der Waals surface area contributed by atoms with E-state index in [1.165, 1.54) is 0 Å². The molecule has 1 aromatic carbocycles. The zero-order valence-electron chi connectivity index (χ0n) is 18.1. The minimum Gasteiger partial charge on any atom is -0.322 e. The van der Waals surface area contributed by atoms with E-state index in [4.69, 9.17) is 0 Å². The van der Waals surface area contributed by atoms with Crippen molar-refractivity contribution < 1.29 is 4.79 Å². The van der Waals surface area contributed by atoms with Crippen molar-refractivity contribution in [2.24, 2.45) is 0 Å². The van der Waals surface area contributed by atoms with Gasteiger partial charge in [-0.1, -0.05) is 12.1 Å². The molecule has 4 aromatic heterocycles. The van der Waals surface area contributed by atoms with Gasteiger partial charge in [0, 0.05) is 28.7 Å². The molecule has 0 spiro atoms. The fraction of sp³-hybridized carbons (Fsp3) is 0.217. The average Bonchev–Trinajstić information content (AvgIpc) is 3.20. The summed E-state index contributed by atoms with van der Waals surface area (Å²) in [6, 6.07) is 10.0. The third-order valence-corrected chi connectivity index (χ3v) is 5.95. The first-order valence-electron chi connectivity index (χ1n) is 10.8. The van der Waals surface area contributed by atoms with Gasteiger partial charge in [-0.15, -0.1) is 10.2 Å². The molecule has 5 aromatic rings. The summed E-state index contributed by atoms with van der Waals surface area (Å²) in [5.41, 5.74) is 6.56. The number of anilines is 1. The molecule has 1 fully saturated rings. The third kappa shape index (κ3) is 3.45. The number of carbonyl (C=O) groups is 1. The summed E-state index contributed by atoms with van der Waals surface area (Å²) >= 11 is 0. The molecule has 0 bridgehead atoms. The Morgan fingerprint density at radius 3 is 2.79 bits per heavy atom. The van der Waals surface area contributed by atoms with Gasteiger partial charge in [0.25, 0.3) is 5.91 Å². The van der Waals surface area contributed by atoms with Crippen LogP contribution in [-0.4, -0.2) is 45.9 Å². The second-order valence-corrected chi connectivity index (χ2v) is 8.36. The van der Waals surface area contributed by atoms with E-state index in [-0.39, 0.29) is 5.91 Å². The predicted octanol–water partition coefficient (Wildman–Crippen LogP) is 3.58. The van der Waals surface area contributed by atoms with Crippen LogP contribution in [0.1, 0.15) is 40.5 Å². The molecule has 0 saturated heterocycles. The molecule has 0 unspecified atom stereocenters. The molecule has 0 radical (unpaired) electrons. The monoisotopic (exact) mass is 439 g/mol. The van der Waals surface area contributed by atoms with Crippen LogP contribution in [0.15, 0.2) is 48.9 Å². The summed E-state index contributed by atoms with van der Waals surface area (Å²) in [5.74, 6) is 0.314. The van der Waals surface area contributed by atoms with Crippen molar-refractivity contribution in [2.45, 2.75) is 32.7 Å². The molecule has 4 heterocycles. The molecule has 1 aliphatic rings. The van der Waals surface area contributed by atoms with E-state index < -0.39 is 0 Å². The highest BCUT2D eigenvalue weighted by molar-refractivity contribution is 6.09. The number of aryl methyl sites for hydroxylation is 2. The number of pyridine rings is 1. The highest BCUT2D eigenvalue weighted by atomic mass is 16.1. The number of aromatic nitrogens is 8. The van der Waals surface area contributed by atoms with Crippen LogP contribution >= 0.6 is 0 Å². The smallest absolute Gasteiger partial charge is 0.259 e. The van der Waals surface area contributed by atoms with E-state index in [1.54, 1.807) is 21.7 Å². The standard InChI is InChI=1S/C23H21N9O/c1-13-3-4-16(22-28-30-32(29-22)17-5-6-17)9-20(13)26-23(33)19-12-25-31-8-7-15(10-21(19)31)18-11-24-27-14(18)2/h3-4,7-12,17H,5-6H2,1-2H3,(H,24,27)(H,26,33). The Balaban J connectivity index is 1.31. The summed E-state index contributed by atoms with van der Waals surface area (Å²) in [7, 11) is 0. The first-order chi connectivity index (χ1) is 16.1. The van der Waals surface area contributed by atoms with Crippen LogP contribution in [0.4, 0.5) is 5.69 Å². The number of carbonyl (C=O) groups excluding carboxylic acids is 1. The molecule has 0 atom stereocenters. The number of nitrogens with one attached hydrogen (secondary N) is 2. The first-order valence-corrected chi connectivity index (χ1v) is 10.8. The van der Waals surface area contributed by atoms with Crippen LogP contribution in [0, 0.1) is 13.8 Å². The average molecular weight is 439 g/mol. The molecule has 1 saturated carbocycles. The van der Waals surface area contributed by atoms with Gasteiger partial charge in [-0.2, -0.15) is 15.0 Å². The minimum absolute atomic E-state index is 0.235. The number of tetrazole rings is 1. The van der Waals surface area contributed by atoms with Gasteiger partial charge < -0.3 is 5.32 Å². The quantitative estimate of drug-likeness (QED) is 0.432. The molecule has 164 valence electrons. The highest BCUT2D eigenvalue weighted by Crippen LogP contribution is 2.33. The summed E-state index contributed by atoms with van der Waals surface area (Å²) < 4.78 is 1.69. The van der Waals surface area contributed by atoms with Gasteiger partial charge in [0.15, 0.2) is 0 Å². The van der Waals surface area contributed by atoms with Crippen molar-refractivity contribution in [2.75, 3.05) is 5.32 Å². The van der Waals surface area contributed by atoms with Gasteiger partial charge >= 0.3 is 0 Å². The second-order valence-electron chi connectivity index (χ2n) is 8.36. The normalized spacial score (nSPS) is 13.5. The number of H-pyrrole nitrogens is 1. The summed E-state index contributed by atoms with van der Waals surface area (Å²) in [4.78, 5) is 14.9. The van der Waals surface area contributed by atoms with Crippen molar-refractivity contribution in [3.8, 4) is 22.5 Å². The van der Waals surface area contributed by atoms with Crippen LogP contribution in [0.2, 0.25) is 0 Å². The van der Waals surface area contributed by atoms with Gasteiger partial charge in [0.1, 0.15) is 0 Å². The molecule has 0 aliphatic heterocycles. The van der Waals surface area contributed by atoms with E-state index in [9.17, 15) is 4.79 Å². The molecule has 1 amide bonds. The van der Waals surface area contributed by atoms with Crippen LogP contribution in [0.5, 0.6) is 0 Å². The largest absolute Gasteiger partial charge is 0.322 e. The van der Waals surface area contributed by atoms with E-state index in [0.29, 0.717) is 28.6 Å². The van der Waals surface area contributed by atoms with Gasteiger partial charge in [0.2, 0.25) is 5.82 Å². The molecule has 10 nitrogen and oxygen atoms in total. The summed E-state index contributed by atoms with van der Waals surface area (Å²) in [6.07, 6.45) is 7.38. The lowest BCUT2D eigenvalue weighted by molar-refractivity contribution is 0.102. The van der Waals surface area contributed by atoms with Crippen molar-refractivity contribution in [3.05, 3.63) is 65.7 Å². The van der Waals surface area contributed by atoms with E-state index in [0.717, 1.165) is 40.8 Å². The molecule has 6 rings (SSSR count). The fourth-order valence-corrected chi connectivity index (χ4v) is 3.85. The molecule has 33 heavy (non-hydrogen) atoms. The second kappa shape index (κ2) is 7.37. The van der Waals surface area contributed by atoms with Crippen LogP contribution in [-0.2, 0) is 0 Å². The molecule has 10 heteroatoms. The SMILES string of the molecule is Cc1ccc(-c2nnn(C3CC3)n2)cc1NC(=O)c1cnn2ccc(-c3cn[nH]c3C)cc12. The Morgan fingerprint density at radius 2 is 2.00 bits per heavy atom. The van der Waals surface area contributed by atoms with Crippen LogP contribution in [0.25, 0.3) is 28.0 Å². The fourth-order valence-electron chi connectivity index (χ4n) is 3.85. The lowest BCUT2D eigenvalue weighted by atomic mass is 10.1. The Labute approximate surface area is 188 Å². The maximum absolute atomic E-state index is 13.2. The topological polar surface area (TPSA) is 119 Å². The molecule has 1 aliphatic carbocycles. The van der Waals surface area contributed by atoms with E-state index >= 15 is 0 Å². The number of rotatable bonds is 5. The number of amides is 1. The predicted molar refractivity (Wildman–Crippen MR) is 122 cm³/mol. The van der Waals surface area contributed by atoms with Gasteiger partial charge in [-0.05, 0) is 61.2 Å². The maximum Gasteiger partial charge on any atom is 0.259 e. The summed E-state index contributed by atoms with van der Waals surface area (Å²) in [5, 5.41) is 27.2. The van der Waals surface area contributed by atoms with E-state index in [2.05, 4.69) is 36.0 Å². The maximum atomic E-state index is 13.2. The van der Waals surface area contributed by atoms with Crippen molar-refractivity contribution >= 4 is 17.1 Å². The number of hydrogen-bond donors (Lipinski definition) is 2. The number of fused-ring (bicyclic) bond motifs is 1. The molecule has 2 N–H and O–H groups in total. The third-order valence-electron chi connectivity index (χ3n) is 5.95. The Bertz CT molecular complexity index is 1510. The van der Waals surface area contributed by atoms with E-state index in [1.807, 2.05) is 50.4 Å². The zero-order chi connectivity index (χ0) is 22.5. The summed E-state index contributed by atoms with van der Waals surface area (Å²) in [6.45, 7) is 3.91. The lowest BCUT2D eigenvalue weighted by Crippen LogP contribution is -2.12. The van der Waals surface area contributed by atoms with Crippen LogP contribution < -0.4 is 5.32 Å².